The third-order valence-electron chi connectivity index (χ3n) is 3.59. The smallest absolute Gasteiger partial charge is 0.0677 e. The van der Waals surface area contributed by atoms with Gasteiger partial charge in [0, 0.05) is 11.7 Å². The van der Waals surface area contributed by atoms with E-state index in [4.69, 9.17) is 5.26 Å². The van der Waals surface area contributed by atoms with Gasteiger partial charge in [0.2, 0.25) is 0 Å². The van der Waals surface area contributed by atoms with Crippen LogP contribution in [0.5, 0.6) is 0 Å². The van der Waals surface area contributed by atoms with Gasteiger partial charge in [-0.25, -0.2) is 0 Å². The van der Waals surface area contributed by atoms with Crippen LogP contribution >= 0.6 is 0 Å². The highest BCUT2D eigenvalue weighted by Crippen LogP contribution is 2.28. The van der Waals surface area contributed by atoms with E-state index in [1.54, 1.807) is 0 Å². The summed E-state index contributed by atoms with van der Waals surface area (Å²) in [5.41, 5.74) is 2.50. The Balaban J connectivity index is 2.08. The number of benzene rings is 1. The number of anilines is 1. The molecule has 0 heterocycles. The molecule has 0 spiro atoms. The molecule has 2 nitrogen and oxygen atoms in total. The van der Waals surface area contributed by atoms with E-state index < -0.39 is 0 Å². The normalized spacial score (nSPS) is 23.6. The van der Waals surface area contributed by atoms with Crippen molar-refractivity contribution in [1.29, 1.82) is 5.26 Å². The Hall–Kier alpha value is -1.49. The maximum atomic E-state index is 9.07. The molecule has 0 saturated heterocycles. The van der Waals surface area contributed by atoms with Crippen molar-refractivity contribution in [3.63, 3.8) is 0 Å². The first-order valence-electron chi connectivity index (χ1n) is 6.47. The Bertz CT molecular complexity index is 417. The number of nitrogens with zero attached hydrogens (tertiary/aromatic N) is 1. The molecular weight excluding hydrogens is 208 g/mol. The minimum atomic E-state index is 0.178. The summed E-state index contributed by atoms with van der Waals surface area (Å²) >= 11 is 0. The van der Waals surface area contributed by atoms with Crippen LogP contribution in [-0.4, -0.2) is 6.04 Å². The molecule has 2 rings (SSSR count). The molecule has 90 valence electrons. The number of nitrogens with one attached hydrogen (secondary N) is 1. The lowest BCUT2D eigenvalue weighted by molar-refractivity contribution is 0.629. The Morgan fingerprint density at radius 2 is 2.18 bits per heavy atom. The fourth-order valence-electron chi connectivity index (χ4n) is 2.49. The molecule has 1 aliphatic carbocycles. The number of hydrogen-bond acceptors (Lipinski definition) is 2. The van der Waals surface area contributed by atoms with Crippen molar-refractivity contribution in [2.75, 3.05) is 5.32 Å². The summed E-state index contributed by atoms with van der Waals surface area (Å²) in [6.07, 6.45) is 3.32. The van der Waals surface area contributed by atoms with Crippen molar-refractivity contribution in [3.05, 3.63) is 29.8 Å². The predicted molar refractivity (Wildman–Crippen MR) is 70.9 cm³/mol. The lowest BCUT2D eigenvalue weighted by Gasteiger charge is -2.18. The number of nitriles is 1. The molecule has 0 bridgehead atoms. The first-order valence-corrected chi connectivity index (χ1v) is 6.47. The molecule has 1 aromatic rings. The molecule has 1 saturated carbocycles. The Morgan fingerprint density at radius 1 is 1.35 bits per heavy atom. The topological polar surface area (TPSA) is 35.8 Å². The molecule has 0 amide bonds. The lowest BCUT2D eigenvalue weighted by atomic mass is 10.0. The fourth-order valence-corrected chi connectivity index (χ4v) is 2.49. The van der Waals surface area contributed by atoms with Crippen molar-refractivity contribution >= 4 is 5.69 Å². The van der Waals surface area contributed by atoms with Gasteiger partial charge in [0.05, 0.1) is 12.0 Å². The summed E-state index contributed by atoms with van der Waals surface area (Å²) in [5, 5.41) is 12.6. The van der Waals surface area contributed by atoms with Gasteiger partial charge in [-0.1, -0.05) is 26.0 Å². The molecule has 1 aromatic carbocycles. The van der Waals surface area contributed by atoms with E-state index in [0.717, 1.165) is 18.5 Å². The van der Waals surface area contributed by atoms with E-state index in [1.807, 2.05) is 0 Å². The average molecular weight is 228 g/mol. The zero-order valence-electron chi connectivity index (χ0n) is 10.6. The van der Waals surface area contributed by atoms with E-state index in [9.17, 15) is 0 Å². The summed E-state index contributed by atoms with van der Waals surface area (Å²) in [6, 6.07) is 11.3. The Labute approximate surface area is 104 Å². The van der Waals surface area contributed by atoms with Gasteiger partial charge in [0.1, 0.15) is 0 Å². The second-order valence-corrected chi connectivity index (χ2v) is 5.20. The van der Waals surface area contributed by atoms with E-state index in [2.05, 4.69) is 49.5 Å². The summed E-state index contributed by atoms with van der Waals surface area (Å²) in [7, 11) is 0. The predicted octanol–water partition coefficient (Wildman–Crippen LogP) is 3.91. The van der Waals surface area contributed by atoms with Crippen molar-refractivity contribution < 1.29 is 0 Å². The maximum Gasteiger partial charge on any atom is 0.0677 e. The van der Waals surface area contributed by atoms with Gasteiger partial charge >= 0.3 is 0 Å². The van der Waals surface area contributed by atoms with Gasteiger partial charge in [0.15, 0.2) is 0 Å². The molecule has 2 atom stereocenters. The summed E-state index contributed by atoms with van der Waals surface area (Å²) in [4.78, 5) is 0. The SMILES string of the molecule is CC(C)c1cccc(NC2CCCC2C#N)c1. The Kier molecular flexibility index (Phi) is 3.68. The minimum absolute atomic E-state index is 0.178. The third kappa shape index (κ3) is 2.79. The molecule has 2 unspecified atom stereocenters. The molecule has 1 N–H and O–H groups in total. The second-order valence-electron chi connectivity index (χ2n) is 5.20. The summed E-state index contributed by atoms with van der Waals surface area (Å²) < 4.78 is 0. The minimum Gasteiger partial charge on any atom is -0.381 e. The molecule has 0 aliphatic heterocycles. The van der Waals surface area contributed by atoms with Crippen molar-refractivity contribution in [2.45, 2.75) is 45.1 Å². The molecule has 17 heavy (non-hydrogen) atoms. The molecular formula is C15H20N2. The molecule has 2 heteroatoms. The lowest BCUT2D eigenvalue weighted by Crippen LogP contribution is -2.22. The van der Waals surface area contributed by atoms with Gasteiger partial charge in [0.25, 0.3) is 0 Å². The first-order chi connectivity index (χ1) is 8.20. The maximum absolute atomic E-state index is 9.07. The first kappa shape index (κ1) is 12.0. The van der Waals surface area contributed by atoms with Crippen LogP contribution in [-0.2, 0) is 0 Å². The van der Waals surface area contributed by atoms with Gasteiger partial charge in [-0.05, 0) is 42.9 Å². The highest BCUT2D eigenvalue weighted by Gasteiger charge is 2.26. The standard InChI is InChI=1S/C15H20N2/c1-11(2)12-5-3-7-14(9-12)17-15-8-4-6-13(15)10-16/h3,5,7,9,11,13,15,17H,4,6,8H2,1-2H3. The van der Waals surface area contributed by atoms with E-state index in [1.165, 1.54) is 12.0 Å². The Morgan fingerprint density at radius 3 is 2.88 bits per heavy atom. The van der Waals surface area contributed by atoms with Crippen LogP contribution in [0.1, 0.15) is 44.6 Å². The van der Waals surface area contributed by atoms with Crippen LogP contribution in [0.15, 0.2) is 24.3 Å². The zero-order chi connectivity index (χ0) is 12.3. The van der Waals surface area contributed by atoms with Crippen molar-refractivity contribution in [3.8, 4) is 6.07 Å². The number of hydrogen-bond donors (Lipinski definition) is 1. The quantitative estimate of drug-likeness (QED) is 0.851. The van der Waals surface area contributed by atoms with Gasteiger partial charge in [-0.15, -0.1) is 0 Å². The highest BCUT2D eigenvalue weighted by atomic mass is 14.9. The highest BCUT2D eigenvalue weighted by molar-refractivity contribution is 5.47. The van der Waals surface area contributed by atoms with Crippen molar-refractivity contribution in [1.82, 2.24) is 0 Å². The van der Waals surface area contributed by atoms with E-state index >= 15 is 0 Å². The molecule has 0 aromatic heterocycles. The van der Waals surface area contributed by atoms with Crippen LogP contribution in [0.2, 0.25) is 0 Å². The fraction of sp³-hybridized carbons (Fsp3) is 0.533. The van der Waals surface area contributed by atoms with Crippen LogP contribution in [0, 0.1) is 17.2 Å². The van der Waals surface area contributed by atoms with Crippen LogP contribution in [0.25, 0.3) is 0 Å². The van der Waals surface area contributed by atoms with Gasteiger partial charge in [-0.3, -0.25) is 0 Å². The zero-order valence-corrected chi connectivity index (χ0v) is 10.6. The number of rotatable bonds is 3. The van der Waals surface area contributed by atoms with Gasteiger partial charge < -0.3 is 5.32 Å². The molecule has 0 radical (unpaired) electrons. The largest absolute Gasteiger partial charge is 0.381 e. The van der Waals surface area contributed by atoms with E-state index in [0.29, 0.717) is 12.0 Å². The third-order valence-corrected chi connectivity index (χ3v) is 3.59. The van der Waals surface area contributed by atoms with Crippen molar-refractivity contribution in [2.24, 2.45) is 5.92 Å². The summed E-state index contributed by atoms with van der Waals surface area (Å²) in [5.74, 6) is 0.727. The van der Waals surface area contributed by atoms with Crippen LogP contribution < -0.4 is 5.32 Å². The van der Waals surface area contributed by atoms with Crippen LogP contribution in [0.4, 0.5) is 5.69 Å². The molecule has 1 fully saturated rings. The molecule has 1 aliphatic rings. The van der Waals surface area contributed by atoms with Crippen LogP contribution in [0.3, 0.4) is 0 Å². The average Bonchev–Trinajstić information content (AvgIpc) is 2.76. The summed E-state index contributed by atoms with van der Waals surface area (Å²) in [6.45, 7) is 4.40. The van der Waals surface area contributed by atoms with E-state index in [-0.39, 0.29) is 5.92 Å². The van der Waals surface area contributed by atoms with Gasteiger partial charge in [-0.2, -0.15) is 5.26 Å². The monoisotopic (exact) mass is 228 g/mol. The second kappa shape index (κ2) is 5.23.